The molecule has 0 unspecified atom stereocenters. The first-order valence-electron chi connectivity index (χ1n) is 7.04. The van der Waals surface area contributed by atoms with Crippen LogP contribution in [0, 0.1) is 0 Å². The highest BCUT2D eigenvalue weighted by atomic mass is 35.5. The van der Waals surface area contributed by atoms with Crippen molar-refractivity contribution < 1.29 is 4.84 Å². The van der Waals surface area contributed by atoms with Gasteiger partial charge in [0.15, 0.2) is 0 Å². The molecule has 108 valence electrons. The van der Waals surface area contributed by atoms with Gasteiger partial charge in [0.25, 0.3) is 0 Å². The lowest BCUT2D eigenvalue weighted by Gasteiger charge is -2.10. The second-order valence-electron chi connectivity index (χ2n) is 5.10. The van der Waals surface area contributed by atoms with Crippen LogP contribution in [0.25, 0.3) is 0 Å². The van der Waals surface area contributed by atoms with Gasteiger partial charge in [-0.1, -0.05) is 59.2 Å². The van der Waals surface area contributed by atoms with Crippen LogP contribution in [-0.4, -0.2) is 18.4 Å². The highest BCUT2D eigenvalue weighted by Gasteiger charge is 2.21. The minimum Gasteiger partial charge on any atom is -0.390 e. The highest BCUT2D eigenvalue weighted by molar-refractivity contribution is 6.30. The summed E-state index contributed by atoms with van der Waals surface area (Å²) in [5.41, 5.74) is 3.32. The molecule has 1 N–H and O–H groups in total. The second-order valence-corrected chi connectivity index (χ2v) is 5.53. The van der Waals surface area contributed by atoms with E-state index in [2.05, 4.69) is 28.7 Å². The van der Waals surface area contributed by atoms with Gasteiger partial charge in [-0.25, -0.2) is 0 Å². The Balaban J connectivity index is 1.46. The number of benzene rings is 2. The molecule has 0 saturated heterocycles. The van der Waals surface area contributed by atoms with Gasteiger partial charge in [0, 0.05) is 24.5 Å². The summed E-state index contributed by atoms with van der Waals surface area (Å²) in [6, 6.07) is 18.0. The standard InChI is InChI=1S/C17H17ClN2O/c18-15-8-4-5-13(9-15)11-19-12-16-10-17(20-21-16)14-6-2-1-3-7-14/h1-9,16,19H,10-12H2/t16-/m0/s1. The van der Waals surface area contributed by atoms with Crippen molar-refractivity contribution in [2.75, 3.05) is 6.54 Å². The lowest BCUT2D eigenvalue weighted by molar-refractivity contribution is 0.0848. The van der Waals surface area contributed by atoms with Crippen molar-refractivity contribution in [3.05, 3.63) is 70.7 Å². The predicted molar refractivity (Wildman–Crippen MR) is 85.6 cm³/mol. The summed E-state index contributed by atoms with van der Waals surface area (Å²) in [6.07, 6.45) is 0.936. The predicted octanol–water partition coefficient (Wildman–Crippen LogP) is 3.62. The molecule has 0 amide bonds. The molecule has 0 spiro atoms. The molecule has 0 radical (unpaired) electrons. The molecule has 0 saturated carbocycles. The minimum atomic E-state index is 0.0967. The van der Waals surface area contributed by atoms with E-state index in [-0.39, 0.29) is 6.10 Å². The molecule has 1 aliphatic rings. The van der Waals surface area contributed by atoms with E-state index in [1.54, 1.807) is 0 Å². The second kappa shape index (κ2) is 6.74. The Hall–Kier alpha value is -1.84. The fourth-order valence-corrected chi connectivity index (χ4v) is 2.58. The Morgan fingerprint density at radius 3 is 2.81 bits per heavy atom. The number of nitrogens with one attached hydrogen (secondary N) is 1. The summed E-state index contributed by atoms with van der Waals surface area (Å²) in [5, 5.41) is 8.33. The van der Waals surface area contributed by atoms with E-state index in [1.165, 1.54) is 5.56 Å². The maximum atomic E-state index is 5.97. The Morgan fingerprint density at radius 1 is 1.14 bits per heavy atom. The molecular formula is C17H17ClN2O. The summed E-state index contributed by atoms with van der Waals surface area (Å²) in [4.78, 5) is 5.48. The monoisotopic (exact) mass is 300 g/mol. The molecular weight excluding hydrogens is 284 g/mol. The summed E-state index contributed by atoms with van der Waals surface area (Å²) in [5.74, 6) is 0. The molecule has 21 heavy (non-hydrogen) atoms. The number of oxime groups is 1. The largest absolute Gasteiger partial charge is 0.390 e. The van der Waals surface area contributed by atoms with Crippen LogP contribution in [0.2, 0.25) is 5.02 Å². The third-order valence-corrected chi connectivity index (χ3v) is 3.67. The van der Waals surface area contributed by atoms with E-state index in [0.717, 1.165) is 35.8 Å². The Labute approximate surface area is 129 Å². The first-order valence-corrected chi connectivity index (χ1v) is 7.42. The molecule has 0 aliphatic carbocycles. The van der Waals surface area contributed by atoms with Gasteiger partial charge in [-0.2, -0.15) is 0 Å². The lowest BCUT2D eigenvalue weighted by atomic mass is 10.1. The molecule has 2 aromatic carbocycles. The van der Waals surface area contributed by atoms with E-state index in [4.69, 9.17) is 16.4 Å². The van der Waals surface area contributed by atoms with Gasteiger partial charge in [0.05, 0.1) is 5.71 Å². The van der Waals surface area contributed by atoms with Gasteiger partial charge < -0.3 is 10.2 Å². The SMILES string of the molecule is Clc1cccc(CNC[C@@H]2CC(c3ccccc3)=NO2)c1. The fourth-order valence-electron chi connectivity index (χ4n) is 2.36. The molecule has 3 nitrogen and oxygen atoms in total. The summed E-state index contributed by atoms with van der Waals surface area (Å²) < 4.78 is 0. The smallest absolute Gasteiger partial charge is 0.145 e. The van der Waals surface area contributed by atoms with Crippen molar-refractivity contribution >= 4 is 17.3 Å². The van der Waals surface area contributed by atoms with Crippen LogP contribution < -0.4 is 5.32 Å². The van der Waals surface area contributed by atoms with Gasteiger partial charge in [0.1, 0.15) is 6.10 Å². The number of rotatable bonds is 5. The van der Waals surface area contributed by atoms with Crippen LogP contribution in [0.5, 0.6) is 0 Å². The Morgan fingerprint density at radius 2 is 2.00 bits per heavy atom. The van der Waals surface area contributed by atoms with Crippen molar-refractivity contribution in [1.82, 2.24) is 5.32 Å². The third kappa shape index (κ3) is 3.84. The molecule has 0 aromatic heterocycles. The maximum absolute atomic E-state index is 5.97. The van der Waals surface area contributed by atoms with Crippen LogP contribution in [0.15, 0.2) is 59.8 Å². The quantitative estimate of drug-likeness (QED) is 0.915. The molecule has 4 heteroatoms. The van der Waals surface area contributed by atoms with Gasteiger partial charge in [-0.15, -0.1) is 0 Å². The number of halogens is 1. The van der Waals surface area contributed by atoms with Crippen molar-refractivity contribution in [3.8, 4) is 0 Å². The van der Waals surface area contributed by atoms with Crippen molar-refractivity contribution in [2.24, 2.45) is 5.16 Å². The minimum absolute atomic E-state index is 0.0967. The Kier molecular flexibility index (Phi) is 4.53. The van der Waals surface area contributed by atoms with E-state index in [9.17, 15) is 0 Å². The summed E-state index contributed by atoms with van der Waals surface area (Å²) in [7, 11) is 0. The van der Waals surface area contributed by atoms with Crippen molar-refractivity contribution in [3.63, 3.8) is 0 Å². The zero-order chi connectivity index (χ0) is 14.5. The third-order valence-electron chi connectivity index (χ3n) is 3.43. The molecule has 0 bridgehead atoms. The molecule has 1 aliphatic heterocycles. The van der Waals surface area contributed by atoms with Crippen LogP contribution in [0.3, 0.4) is 0 Å². The average Bonchev–Trinajstić information content (AvgIpc) is 2.97. The van der Waals surface area contributed by atoms with E-state index in [0.29, 0.717) is 0 Å². The van der Waals surface area contributed by atoms with Gasteiger partial charge in [-0.3, -0.25) is 0 Å². The molecule has 1 heterocycles. The Bertz CT molecular complexity index is 628. The number of nitrogens with zero attached hydrogens (tertiary/aromatic N) is 1. The van der Waals surface area contributed by atoms with Gasteiger partial charge in [0.2, 0.25) is 0 Å². The first-order chi connectivity index (χ1) is 10.3. The maximum Gasteiger partial charge on any atom is 0.145 e. The molecule has 1 atom stereocenters. The first kappa shape index (κ1) is 14.1. The van der Waals surface area contributed by atoms with Gasteiger partial charge >= 0.3 is 0 Å². The summed E-state index contributed by atoms with van der Waals surface area (Å²) in [6.45, 7) is 1.55. The molecule has 0 fully saturated rings. The van der Waals surface area contributed by atoms with Gasteiger partial charge in [-0.05, 0) is 23.3 Å². The van der Waals surface area contributed by atoms with E-state index >= 15 is 0 Å². The normalized spacial score (nSPS) is 17.4. The number of hydrogen-bond acceptors (Lipinski definition) is 3. The zero-order valence-electron chi connectivity index (χ0n) is 11.6. The topological polar surface area (TPSA) is 33.6 Å². The highest BCUT2D eigenvalue weighted by Crippen LogP contribution is 2.16. The van der Waals surface area contributed by atoms with Crippen molar-refractivity contribution in [2.45, 2.75) is 19.1 Å². The average molecular weight is 301 g/mol. The van der Waals surface area contributed by atoms with E-state index in [1.807, 2.05) is 36.4 Å². The lowest BCUT2D eigenvalue weighted by Crippen LogP contribution is -2.26. The fraction of sp³-hybridized carbons (Fsp3) is 0.235. The molecule has 2 aromatic rings. The zero-order valence-corrected chi connectivity index (χ0v) is 12.4. The van der Waals surface area contributed by atoms with Crippen molar-refractivity contribution in [1.29, 1.82) is 0 Å². The summed E-state index contributed by atoms with van der Waals surface area (Å²) >= 11 is 5.97. The van der Waals surface area contributed by atoms with E-state index < -0.39 is 0 Å². The van der Waals surface area contributed by atoms with Crippen LogP contribution in [0.4, 0.5) is 0 Å². The van der Waals surface area contributed by atoms with Crippen LogP contribution >= 0.6 is 11.6 Å². The molecule has 3 rings (SSSR count). The van der Waals surface area contributed by atoms with Crippen LogP contribution in [-0.2, 0) is 11.4 Å². The number of hydrogen-bond donors (Lipinski definition) is 1. The van der Waals surface area contributed by atoms with Crippen LogP contribution in [0.1, 0.15) is 17.5 Å².